The molecule has 0 bridgehead atoms. The van der Waals surface area contributed by atoms with Crippen LogP contribution in [0, 0.1) is 5.82 Å². The predicted molar refractivity (Wildman–Crippen MR) is 99.3 cm³/mol. The number of hydrogen-bond donors (Lipinski definition) is 0. The van der Waals surface area contributed by atoms with E-state index in [-0.39, 0.29) is 29.1 Å². The number of hydrogen-bond acceptors (Lipinski definition) is 4. The summed E-state index contributed by atoms with van der Waals surface area (Å²) >= 11 is 0. The third-order valence-corrected chi connectivity index (χ3v) is 7.24. The number of carbonyl (C=O) groups excluding carboxylic acids is 1. The molecule has 0 radical (unpaired) electrons. The molecule has 7 heteroatoms. The van der Waals surface area contributed by atoms with Gasteiger partial charge in [0.25, 0.3) is 0 Å². The molecule has 1 aromatic rings. The molecule has 26 heavy (non-hydrogen) atoms. The second-order valence-corrected chi connectivity index (χ2v) is 9.73. The second kappa shape index (κ2) is 8.05. The molecule has 2 saturated heterocycles. The van der Waals surface area contributed by atoms with Gasteiger partial charge in [-0.1, -0.05) is 25.1 Å². The van der Waals surface area contributed by atoms with Gasteiger partial charge in [0.15, 0.2) is 9.84 Å². The second-order valence-electron chi connectivity index (χ2n) is 7.43. The van der Waals surface area contributed by atoms with Crippen LogP contribution in [0.25, 0.3) is 0 Å². The van der Waals surface area contributed by atoms with E-state index in [9.17, 15) is 17.6 Å². The van der Waals surface area contributed by atoms with Gasteiger partial charge in [-0.15, -0.1) is 0 Å². The van der Waals surface area contributed by atoms with Crippen LogP contribution in [0.1, 0.15) is 37.7 Å². The van der Waals surface area contributed by atoms with Gasteiger partial charge in [0.2, 0.25) is 5.91 Å². The summed E-state index contributed by atoms with van der Waals surface area (Å²) in [5.41, 5.74) is 0.588. The predicted octanol–water partition coefficient (Wildman–Crippen LogP) is 2.04. The monoisotopic (exact) mass is 382 g/mol. The van der Waals surface area contributed by atoms with E-state index in [0.29, 0.717) is 44.2 Å². The number of nitrogens with zero attached hydrogens (tertiary/aromatic N) is 2. The van der Waals surface area contributed by atoms with E-state index in [1.807, 2.05) is 11.8 Å². The van der Waals surface area contributed by atoms with Crippen LogP contribution in [0.15, 0.2) is 24.3 Å². The zero-order chi connectivity index (χ0) is 18.7. The Balaban J connectivity index is 1.49. The molecule has 2 aliphatic heterocycles. The van der Waals surface area contributed by atoms with Crippen LogP contribution in [0.3, 0.4) is 0 Å². The Morgan fingerprint density at radius 2 is 1.77 bits per heavy atom. The number of likely N-dealkylation sites (tertiary alicyclic amines) is 1. The molecule has 2 heterocycles. The summed E-state index contributed by atoms with van der Waals surface area (Å²) in [5.74, 6) is 0.152. The van der Waals surface area contributed by atoms with Crippen LogP contribution in [0.5, 0.6) is 0 Å². The topological polar surface area (TPSA) is 57.7 Å². The van der Waals surface area contributed by atoms with Crippen molar-refractivity contribution in [3.05, 3.63) is 35.6 Å². The summed E-state index contributed by atoms with van der Waals surface area (Å²) in [4.78, 5) is 16.7. The Labute approximate surface area is 155 Å². The van der Waals surface area contributed by atoms with E-state index in [4.69, 9.17) is 0 Å². The fraction of sp³-hybridized carbons (Fsp3) is 0.632. The van der Waals surface area contributed by atoms with Gasteiger partial charge in [-0.2, -0.15) is 0 Å². The van der Waals surface area contributed by atoms with E-state index < -0.39 is 9.84 Å². The van der Waals surface area contributed by atoms with Gasteiger partial charge < -0.3 is 4.90 Å². The maximum atomic E-state index is 13.9. The van der Waals surface area contributed by atoms with Crippen LogP contribution in [-0.4, -0.2) is 67.9 Å². The summed E-state index contributed by atoms with van der Waals surface area (Å²) < 4.78 is 37.0. The lowest BCUT2D eigenvalue weighted by Crippen LogP contribution is -2.51. The van der Waals surface area contributed by atoms with Crippen LogP contribution >= 0.6 is 0 Å². The molecule has 2 fully saturated rings. The number of rotatable bonds is 4. The van der Waals surface area contributed by atoms with Crippen LogP contribution < -0.4 is 0 Å². The lowest BCUT2D eigenvalue weighted by atomic mass is 9.95. The van der Waals surface area contributed by atoms with Crippen molar-refractivity contribution in [1.82, 2.24) is 9.80 Å². The molecule has 1 atom stereocenters. The number of sulfone groups is 1. The quantitative estimate of drug-likeness (QED) is 0.800. The molecule has 0 N–H and O–H groups in total. The molecule has 1 amide bonds. The van der Waals surface area contributed by atoms with Crippen LogP contribution in [0.4, 0.5) is 4.39 Å². The van der Waals surface area contributed by atoms with Gasteiger partial charge in [0.1, 0.15) is 5.82 Å². The minimum Gasteiger partial charge on any atom is -0.343 e. The first-order valence-electron chi connectivity index (χ1n) is 9.32. The van der Waals surface area contributed by atoms with E-state index in [1.54, 1.807) is 18.2 Å². The number of halogens is 1. The summed E-state index contributed by atoms with van der Waals surface area (Å²) in [6.45, 7) is 4.47. The standard InChI is InChI=1S/C19H27FN2O3S/c1-15(17-4-2-3-5-18(17)20)14-19(23)22-8-6-16(7-9-22)21-10-12-26(24,25)13-11-21/h2-5,15-16H,6-14H2,1H3. The van der Waals surface area contributed by atoms with Gasteiger partial charge in [-0.3, -0.25) is 9.69 Å². The maximum absolute atomic E-state index is 13.9. The SMILES string of the molecule is CC(CC(=O)N1CCC(N2CCS(=O)(=O)CC2)CC1)c1ccccc1F. The Kier molecular flexibility index (Phi) is 5.97. The third kappa shape index (κ3) is 4.62. The molecular weight excluding hydrogens is 355 g/mol. The third-order valence-electron chi connectivity index (χ3n) is 5.63. The molecule has 1 unspecified atom stereocenters. The highest BCUT2D eigenvalue weighted by Gasteiger charge is 2.31. The van der Waals surface area contributed by atoms with E-state index in [1.165, 1.54) is 6.07 Å². The van der Waals surface area contributed by atoms with E-state index in [2.05, 4.69) is 4.90 Å². The molecule has 0 spiro atoms. The Morgan fingerprint density at radius 1 is 1.15 bits per heavy atom. The van der Waals surface area contributed by atoms with E-state index >= 15 is 0 Å². The zero-order valence-corrected chi connectivity index (χ0v) is 16.0. The van der Waals surface area contributed by atoms with Crippen molar-refractivity contribution >= 4 is 15.7 Å². The van der Waals surface area contributed by atoms with Gasteiger partial charge in [0, 0.05) is 38.6 Å². The van der Waals surface area contributed by atoms with E-state index in [0.717, 1.165) is 12.8 Å². The summed E-state index contributed by atoms with van der Waals surface area (Å²) in [6, 6.07) is 6.98. The van der Waals surface area contributed by atoms with Crippen molar-refractivity contribution in [2.45, 2.75) is 38.1 Å². The van der Waals surface area contributed by atoms with Crippen LogP contribution in [0.2, 0.25) is 0 Å². The molecular formula is C19H27FN2O3S. The first-order valence-corrected chi connectivity index (χ1v) is 11.1. The minimum atomic E-state index is -2.86. The fourth-order valence-electron chi connectivity index (χ4n) is 3.95. The Bertz CT molecular complexity index is 731. The first kappa shape index (κ1) is 19.3. The van der Waals surface area contributed by atoms with Crippen molar-refractivity contribution < 1.29 is 17.6 Å². The highest BCUT2D eigenvalue weighted by molar-refractivity contribution is 7.91. The van der Waals surface area contributed by atoms with Crippen molar-refractivity contribution in [2.24, 2.45) is 0 Å². The van der Waals surface area contributed by atoms with Crippen molar-refractivity contribution in [2.75, 3.05) is 37.7 Å². The van der Waals surface area contributed by atoms with Gasteiger partial charge in [-0.05, 0) is 30.4 Å². The number of carbonyl (C=O) groups is 1. The van der Waals surface area contributed by atoms with Gasteiger partial charge >= 0.3 is 0 Å². The smallest absolute Gasteiger partial charge is 0.223 e. The molecule has 144 valence electrons. The molecule has 5 nitrogen and oxygen atoms in total. The number of benzene rings is 1. The van der Waals surface area contributed by atoms with Crippen molar-refractivity contribution in [1.29, 1.82) is 0 Å². The van der Waals surface area contributed by atoms with Crippen molar-refractivity contribution in [3.63, 3.8) is 0 Å². The molecule has 3 rings (SSSR count). The van der Waals surface area contributed by atoms with Crippen LogP contribution in [-0.2, 0) is 14.6 Å². The lowest BCUT2D eigenvalue weighted by Gasteiger charge is -2.40. The largest absolute Gasteiger partial charge is 0.343 e. The van der Waals surface area contributed by atoms with Gasteiger partial charge in [-0.25, -0.2) is 12.8 Å². The molecule has 0 saturated carbocycles. The summed E-state index contributed by atoms with van der Waals surface area (Å²) in [5, 5.41) is 0. The van der Waals surface area contributed by atoms with Gasteiger partial charge in [0.05, 0.1) is 11.5 Å². The fourth-order valence-corrected chi connectivity index (χ4v) is 5.18. The Hall–Kier alpha value is -1.47. The minimum absolute atomic E-state index is 0.0698. The average molecular weight is 383 g/mol. The molecule has 2 aliphatic rings. The first-order chi connectivity index (χ1) is 12.4. The number of amides is 1. The lowest BCUT2D eigenvalue weighted by molar-refractivity contribution is -0.133. The normalized spacial score (nSPS) is 22.9. The zero-order valence-electron chi connectivity index (χ0n) is 15.2. The molecule has 1 aromatic carbocycles. The highest BCUT2D eigenvalue weighted by Crippen LogP contribution is 2.25. The summed E-state index contributed by atoms with van der Waals surface area (Å²) in [7, 11) is -2.86. The maximum Gasteiger partial charge on any atom is 0.223 e. The number of piperidine rings is 1. The molecule has 0 aromatic heterocycles. The average Bonchev–Trinajstić information content (AvgIpc) is 2.62. The molecule has 0 aliphatic carbocycles. The van der Waals surface area contributed by atoms with Crippen molar-refractivity contribution in [3.8, 4) is 0 Å². The summed E-state index contributed by atoms with van der Waals surface area (Å²) in [6.07, 6.45) is 2.06. The highest BCUT2D eigenvalue weighted by atomic mass is 32.2. The Morgan fingerprint density at radius 3 is 2.38 bits per heavy atom.